The van der Waals surface area contributed by atoms with Crippen LogP contribution in [0.3, 0.4) is 0 Å². The Bertz CT molecular complexity index is 166. The standard InChI is InChI=1S/C11H20O3/c1-3-5-6-7-8-10(4-2)11(13)14-9-12/h9-10H,3-8H2,1-2H3. The third-order valence-electron chi connectivity index (χ3n) is 2.40. The van der Waals surface area contributed by atoms with Crippen molar-refractivity contribution in [2.45, 2.75) is 52.4 Å². The van der Waals surface area contributed by atoms with Crippen molar-refractivity contribution in [2.24, 2.45) is 5.92 Å². The van der Waals surface area contributed by atoms with Crippen molar-refractivity contribution in [3.63, 3.8) is 0 Å². The number of carbonyl (C=O) groups excluding carboxylic acids is 2. The van der Waals surface area contributed by atoms with Crippen LogP contribution in [0.1, 0.15) is 52.4 Å². The van der Waals surface area contributed by atoms with Crippen LogP contribution < -0.4 is 0 Å². The minimum atomic E-state index is -0.376. The molecule has 0 aliphatic heterocycles. The van der Waals surface area contributed by atoms with Gasteiger partial charge in [0.25, 0.3) is 0 Å². The summed E-state index contributed by atoms with van der Waals surface area (Å²) in [7, 11) is 0. The van der Waals surface area contributed by atoms with Gasteiger partial charge >= 0.3 is 12.4 Å². The van der Waals surface area contributed by atoms with E-state index in [4.69, 9.17) is 0 Å². The number of esters is 1. The van der Waals surface area contributed by atoms with Crippen molar-refractivity contribution in [3.05, 3.63) is 0 Å². The molecule has 0 spiro atoms. The fraction of sp³-hybridized carbons (Fsp3) is 0.818. The second-order valence-corrected chi connectivity index (χ2v) is 3.49. The van der Waals surface area contributed by atoms with E-state index in [-0.39, 0.29) is 18.4 Å². The highest BCUT2D eigenvalue weighted by molar-refractivity contribution is 5.78. The van der Waals surface area contributed by atoms with Crippen LogP contribution in [0.15, 0.2) is 0 Å². The molecule has 0 radical (unpaired) electrons. The number of hydrogen-bond acceptors (Lipinski definition) is 3. The molecular weight excluding hydrogens is 180 g/mol. The van der Waals surface area contributed by atoms with E-state index < -0.39 is 0 Å². The van der Waals surface area contributed by atoms with E-state index in [0.29, 0.717) is 0 Å². The zero-order valence-electron chi connectivity index (χ0n) is 9.12. The van der Waals surface area contributed by atoms with Crippen LogP contribution in [-0.2, 0) is 14.3 Å². The summed E-state index contributed by atoms with van der Waals surface area (Å²) in [5, 5.41) is 0. The molecule has 0 aromatic rings. The van der Waals surface area contributed by atoms with E-state index >= 15 is 0 Å². The lowest BCUT2D eigenvalue weighted by Gasteiger charge is -2.10. The van der Waals surface area contributed by atoms with Gasteiger partial charge in [0.15, 0.2) is 0 Å². The van der Waals surface area contributed by atoms with Crippen molar-refractivity contribution in [1.29, 1.82) is 0 Å². The molecule has 0 N–H and O–H groups in total. The van der Waals surface area contributed by atoms with Crippen LogP contribution in [0.5, 0.6) is 0 Å². The summed E-state index contributed by atoms with van der Waals surface area (Å²) in [5.74, 6) is -0.476. The highest BCUT2D eigenvalue weighted by Gasteiger charge is 2.16. The van der Waals surface area contributed by atoms with Gasteiger partial charge in [0.1, 0.15) is 0 Å². The predicted molar refractivity (Wildman–Crippen MR) is 54.7 cm³/mol. The zero-order chi connectivity index (χ0) is 10.8. The Morgan fingerprint density at radius 3 is 2.50 bits per heavy atom. The molecule has 0 aromatic heterocycles. The number of rotatable bonds is 8. The predicted octanol–water partition coefficient (Wildman–Crippen LogP) is 2.68. The Labute approximate surface area is 85.8 Å². The van der Waals surface area contributed by atoms with Gasteiger partial charge in [0.2, 0.25) is 0 Å². The fourth-order valence-electron chi connectivity index (χ4n) is 1.45. The van der Waals surface area contributed by atoms with E-state index in [1.54, 1.807) is 0 Å². The second-order valence-electron chi connectivity index (χ2n) is 3.49. The summed E-state index contributed by atoms with van der Waals surface area (Å²) in [6.45, 7) is 4.31. The molecule has 0 saturated heterocycles. The highest BCUT2D eigenvalue weighted by Crippen LogP contribution is 2.15. The van der Waals surface area contributed by atoms with E-state index in [0.717, 1.165) is 25.7 Å². The quantitative estimate of drug-likeness (QED) is 0.262. The van der Waals surface area contributed by atoms with Gasteiger partial charge in [-0.25, -0.2) is 0 Å². The molecule has 3 heteroatoms. The Hall–Kier alpha value is -0.860. The molecule has 0 aliphatic carbocycles. The van der Waals surface area contributed by atoms with Gasteiger partial charge < -0.3 is 4.74 Å². The Morgan fingerprint density at radius 2 is 2.00 bits per heavy atom. The van der Waals surface area contributed by atoms with Gasteiger partial charge in [-0.3, -0.25) is 9.59 Å². The molecule has 1 unspecified atom stereocenters. The van der Waals surface area contributed by atoms with Crippen molar-refractivity contribution in [2.75, 3.05) is 0 Å². The van der Waals surface area contributed by atoms with Gasteiger partial charge in [-0.2, -0.15) is 0 Å². The minimum Gasteiger partial charge on any atom is -0.395 e. The molecule has 0 amide bonds. The van der Waals surface area contributed by atoms with Crippen LogP contribution >= 0.6 is 0 Å². The number of ether oxygens (including phenoxy) is 1. The largest absolute Gasteiger partial charge is 0.395 e. The third-order valence-corrected chi connectivity index (χ3v) is 2.40. The molecule has 0 bridgehead atoms. The van der Waals surface area contributed by atoms with Gasteiger partial charge in [-0.15, -0.1) is 0 Å². The highest BCUT2D eigenvalue weighted by atomic mass is 16.6. The lowest BCUT2D eigenvalue weighted by molar-refractivity contribution is -0.155. The van der Waals surface area contributed by atoms with Crippen molar-refractivity contribution in [3.8, 4) is 0 Å². The van der Waals surface area contributed by atoms with E-state index in [2.05, 4.69) is 11.7 Å². The monoisotopic (exact) mass is 200 g/mol. The topological polar surface area (TPSA) is 43.4 Å². The summed E-state index contributed by atoms with van der Waals surface area (Å²) in [6, 6.07) is 0. The first-order valence-corrected chi connectivity index (χ1v) is 5.40. The second kappa shape index (κ2) is 8.73. The van der Waals surface area contributed by atoms with Crippen LogP contribution in [0.2, 0.25) is 0 Å². The van der Waals surface area contributed by atoms with Crippen LogP contribution in [-0.4, -0.2) is 12.4 Å². The average molecular weight is 200 g/mol. The fourth-order valence-corrected chi connectivity index (χ4v) is 1.45. The first kappa shape index (κ1) is 13.1. The van der Waals surface area contributed by atoms with Crippen molar-refractivity contribution < 1.29 is 14.3 Å². The van der Waals surface area contributed by atoms with Gasteiger partial charge in [-0.05, 0) is 12.8 Å². The van der Waals surface area contributed by atoms with Crippen LogP contribution in [0.25, 0.3) is 0 Å². The Morgan fingerprint density at radius 1 is 1.29 bits per heavy atom. The molecule has 1 atom stereocenters. The third kappa shape index (κ3) is 5.73. The SMILES string of the molecule is CCCCCCC(CC)C(=O)OC=O. The van der Waals surface area contributed by atoms with Crippen molar-refractivity contribution >= 4 is 12.4 Å². The number of unbranched alkanes of at least 4 members (excludes halogenated alkanes) is 3. The van der Waals surface area contributed by atoms with Crippen LogP contribution in [0.4, 0.5) is 0 Å². The molecule has 0 rings (SSSR count). The smallest absolute Gasteiger partial charge is 0.316 e. The molecule has 82 valence electrons. The number of carbonyl (C=O) groups is 2. The minimum absolute atomic E-state index is 0.0999. The maximum Gasteiger partial charge on any atom is 0.316 e. The zero-order valence-corrected chi connectivity index (χ0v) is 9.12. The van der Waals surface area contributed by atoms with E-state index in [1.165, 1.54) is 12.8 Å². The summed E-state index contributed by atoms with van der Waals surface area (Å²) in [5.41, 5.74) is 0. The molecule has 3 nitrogen and oxygen atoms in total. The molecule has 0 aromatic carbocycles. The molecule has 14 heavy (non-hydrogen) atoms. The molecule has 0 heterocycles. The molecular formula is C11H20O3. The lowest BCUT2D eigenvalue weighted by Crippen LogP contribution is -2.16. The first-order chi connectivity index (χ1) is 6.76. The average Bonchev–Trinajstić information content (AvgIpc) is 2.18. The Balaban J connectivity index is 3.67. The normalized spacial score (nSPS) is 12.1. The van der Waals surface area contributed by atoms with Gasteiger partial charge in [0, 0.05) is 0 Å². The first-order valence-electron chi connectivity index (χ1n) is 5.40. The van der Waals surface area contributed by atoms with E-state index in [9.17, 15) is 9.59 Å². The van der Waals surface area contributed by atoms with E-state index in [1.807, 2.05) is 6.92 Å². The summed E-state index contributed by atoms with van der Waals surface area (Å²) < 4.78 is 4.33. The van der Waals surface area contributed by atoms with Crippen LogP contribution in [0, 0.1) is 5.92 Å². The molecule has 0 aliphatic rings. The molecule has 0 saturated carbocycles. The van der Waals surface area contributed by atoms with Gasteiger partial charge in [0.05, 0.1) is 5.92 Å². The summed E-state index contributed by atoms with van der Waals surface area (Å²) in [4.78, 5) is 21.2. The Kier molecular flexibility index (Phi) is 8.19. The number of hydrogen-bond donors (Lipinski definition) is 0. The summed E-state index contributed by atoms with van der Waals surface area (Å²) >= 11 is 0. The maximum atomic E-state index is 11.2. The van der Waals surface area contributed by atoms with Gasteiger partial charge in [-0.1, -0.05) is 39.5 Å². The van der Waals surface area contributed by atoms with Crippen molar-refractivity contribution in [1.82, 2.24) is 0 Å². The summed E-state index contributed by atoms with van der Waals surface area (Å²) in [6.07, 6.45) is 6.18. The molecule has 0 fully saturated rings. The lowest BCUT2D eigenvalue weighted by atomic mass is 9.98. The maximum absolute atomic E-state index is 11.2.